The molecule has 0 amide bonds. The van der Waals surface area contributed by atoms with Crippen molar-refractivity contribution in [2.45, 2.75) is 20.4 Å². The molecule has 1 aromatic carbocycles. The predicted octanol–water partition coefficient (Wildman–Crippen LogP) is 1.37. The number of aromatic amines is 1. The third-order valence-electron chi connectivity index (χ3n) is 3.40. The van der Waals surface area contributed by atoms with Gasteiger partial charge in [0.05, 0.1) is 12.9 Å². The Balaban J connectivity index is 2.12. The average Bonchev–Trinajstić information content (AvgIpc) is 2.85. The van der Waals surface area contributed by atoms with E-state index >= 15 is 0 Å². The molecule has 0 saturated heterocycles. The van der Waals surface area contributed by atoms with Gasteiger partial charge in [0.25, 0.3) is 5.56 Å². The van der Waals surface area contributed by atoms with Crippen molar-refractivity contribution in [3.05, 3.63) is 51.6 Å². The van der Waals surface area contributed by atoms with Crippen LogP contribution in [0.2, 0.25) is 0 Å². The van der Waals surface area contributed by atoms with Crippen molar-refractivity contribution >= 4 is 17.1 Å². The zero-order chi connectivity index (χ0) is 14.3. The number of aryl methyl sites for hydroxylation is 2. The highest BCUT2D eigenvalue weighted by atomic mass is 16.1. The lowest BCUT2D eigenvalue weighted by Crippen LogP contribution is -2.25. The number of aromatic nitrogens is 4. The average molecular weight is 269 g/mol. The van der Waals surface area contributed by atoms with Gasteiger partial charge in [0.15, 0.2) is 11.2 Å². The number of nitrogen functional groups attached to an aromatic ring is 1. The molecule has 0 aliphatic heterocycles. The van der Waals surface area contributed by atoms with Crippen molar-refractivity contribution < 1.29 is 0 Å². The topological polar surface area (TPSA) is 89.6 Å². The molecular formula is C14H15N5O. The SMILES string of the molecule is Cc1ccc(Cn2c(N)nc3[nH]cnc3c2=O)c(C)c1. The zero-order valence-corrected chi connectivity index (χ0v) is 11.3. The Hall–Kier alpha value is -2.63. The lowest BCUT2D eigenvalue weighted by molar-refractivity contribution is 0.757. The van der Waals surface area contributed by atoms with Gasteiger partial charge >= 0.3 is 0 Å². The lowest BCUT2D eigenvalue weighted by atomic mass is 10.1. The number of hydrogen-bond donors (Lipinski definition) is 2. The number of nitrogens with two attached hydrogens (primary N) is 1. The van der Waals surface area contributed by atoms with Gasteiger partial charge in [-0.15, -0.1) is 0 Å². The molecule has 0 saturated carbocycles. The summed E-state index contributed by atoms with van der Waals surface area (Å²) in [5.74, 6) is 0.187. The molecule has 3 rings (SSSR count). The third kappa shape index (κ3) is 1.95. The van der Waals surface area contributed by atoms with Gasteiger partial charge in [-0.2, -0.15) is 4.98 Å². The number of hydrogen-bond acceptors (Lipinski definition) is 4. The molecule has 2 heterocycles. The van der Waals surface area contributed by atoms with E-state index in [0.29, 0.717) is 17.7 Å². The van der Waals surface area contributed by atoms with Crippen molar-refractivity contribution in [2.75, 3.05) is 5.73 Å². The van der Waals surface area contributed by atoms with E-state index < -0.39 is 0 Å². The second-order valence-electron chi connectivity index (χ2n) is 4.89. The second-order valence-corrected chi connectivity index (χ2v) is 4.89. The summed E-state index contributed by atoms with van der Waals surface area (Å²) < 4.78 is 1.45. The monoisotopic (exact) mass is 269 g/mol. The Morgan fingerprint density at radius 1 is 1.35 bits per heavy atom. The van der Waals surface area contributed by atoms with Gasteiger partial charge in [-0.25, -0.2) is 4.98 Å². The minimum Gasteiger partial charge on any atom is -0.369 e. The van der Waals surface area contributed by atoms with Crippen LogP contribution in [0.15, 0.2) is 29.3 Å². The van der Waals surface area contributed by atoms with Crippen molar-refractivity contribution in [3.8, 4) is 0 Å². The highest BCUT2D eigenvalue weighted by molar-refractivity contribution is 5.69. The van der Waals surface area contributed by atoms with Gasteiger partial charge in [-0.3, -0.25) is 9.36 Å². The summed E-state index contributed by atoms with van der Waals surface area (Å²) in [7, 11) is 0. The van der Waals surface area contributed by atoms with Gasteiger partial charge in [-0.05, 0) is 25.0 Å². The summed E-state index contributed by atoms with van der Waals surface area (Å²) in [5, 5.41) is 0. The van der Waals surface area contributed by atoms with E-state index in [2.05, 4.69) is 21.0 Å². The molecule has 2 aromatic heterocycles. The largest absolute Gasteiger partial charge is 0.369 e. The van der Waals surface area contributed by atoms with E-state index in [1.54, 1.807) is 0 Å². The van der Waals surface area contributed by atoms with Crippen LogP contribution in [0.5, 0.6) is 0 Å². The van der Waals surface area contributed by atoms with E-state index in [4.69, 9.17) is 5.73 Å². The van der Waals surface area contributed by atoms with Crippen molar-refractivity contribution in [1.29, 1.82) is 0 Å². The molecule has 102 valence electrons. The molecule has 3 N–H and O–H groups in total. The molecule has 0 bridgehead atoms. The van der Waals surface area contributed by atoms with Gasteiger partial charge in [-0.1, -0.05) is 23.8 Å². The Bertz CT molecular complexity index is 846. The van der Waals surface area contributed by atoms with Crippen LogP contribution < -0.4 is 11.3 Å². The molecule has 3 aromatic rings. The number of rotatable bonds is 2. The number of H-pyrrole nitrogens is 1. The summed E-state index contributed by atoms with van der Waals surface area (Å²) in [6.07, 6.45) is 1.44. The standard InChI is InChI=1S/C14H15N5O/c1-8-3-4-10(9(2)5-8)6-19-13(20)11-12(17-7-16-11)18-14(19)15/h3-5,7H,6H2,1-2H3,(H2,15,18)(H,16,17). The predicted molar refractivity (Wildman–Crippen MR) is 77.6 cm³/mol. The Kier molecular flexibility index (Phi) is 2.78. The Morgan fingerprint density at radius 2 is 2.15 bits per heavy atom. The number of nitrogens with one attached hydrogen (secondary N) is 1. The number of imidazole rings is 1. The van der Waals surface area contributed by atoms with E-state index in [-0.39, 0.29) is 11.5 Å². The molecule has 20 heavy (non-hydrogen) atoms. The fraction of sp³-hybridized carbons (Fsp3) is 0.214. The third-order valence-corrected chi connectivity index (χ3v) is 3.40. The van der Waals surface area contributed by atoms with Crippen LogP contribution in [0.4, 0.5) is 5.95 Å². The Labute approximate surface area is 115 Å². The smallest absolute Gasteiger partial charge is 0.283 e. The van der Waals surface area contributed by atoms with Gasteiger partial charge in [0.2, 0.25) is 5.95 Å². The molecule has 0 fully saturated rings. The fourth-order valence-electron chi connectivity index (χ4n) is 2.28. The summed E-state index contributed by atoms with van der Waals surface area (Å²) in [6.45, 7) is 4.45. The highest BCUT2D eigenvalue weighted by Crippen LogP contribution is 2.13. The molecule has 0 aliphatic carbocycles. The van der Waals surface area contributed by atoms with Crippen LogP contribution in [0.1, 0.15) is 16.7 Å². The first-order valence-electron chi connectivity index (χ1n) is 6.32. The normalized spacial score (nSPS) is 11.1. The van der Waals surface area contributed by atoms with Gasteiger partial charge in [0, 0.05) is 0 Å². The van der Waals surface area contributed by atoms with Crippen LogP contribution in [0.3, 0.4) is 0 Å². The van der Waals surface area contributed by atoms with Gasteiger partial charge in [0.1, 0.15) is 0 Å². The van der Waals surface area contributed by atoms with E-state index in [0.717, 1.165) is 11.1 Å². The maximum absolute atomic E-state index is 12.4. The van der Waals surface area contributed by atoms with Crippen molar-refractivity contribution in [3.63, 3.8) is 0 Å². The molecule has 6 nitrogen and oxygen atoms in total. The second kappa shape index (κ2) is 4.48. The van der Waals surface area contributed by atoms with Crippen LogP contribution in [0, 0.1) is 13.8 Å². The van der Waals surface area contributed by atoms with Crippen LogP contribution in [-0.2, 0) is 6.54 Å². The molecule has 0 radical (unpaired) electrons. The van der Waals surface area contributed by atoms with Crippen LogP contribution >= 0.6 is 0 Å². The van der Waals surface area contributed by atoms with E-state index in [9.17, 15) is 4.79 Å². The summed E-state index contributed by atoms with van der Waals surface area (Å²) in [4.78, 5) is 23.3. The summed E-state index contributed by atoms with van der Waals surface area (Å²) in [6, 6.07) is 6.10. The molecule has 0 atom stereocenters. The Morgan fingerprint density at radius 3 is 2.90 bits per heavy atom. The number of benzene rings is 1. The molecule has 0 unspecified atom stereocenters. The van der Waals surface area contributed by atoms with Gasteiger partial charge < -0.3 is 10.7 Å². The molecule has 0 spiro atoms. The van der Waals surface area contributed by atoms with Crippen LogP contribution in [-0.4, -0.2) is 19.5 Å². The lowest BCUT2D eigenvalue weighted by Gasteiger charge is -2.11. The maximum atomic E-state index is 12.4. The number of anilines is 1. The van der Waals surface area contributed by atoms with E-state index in [1.807, 2.05) is 26.0 Å². The first kappa shape index (κ1) is 12.4. The molecular weight excluding hydrogens is 254 g/mol. The van der Waals surface area contributed by atoms with Crippen molar-refractivity contribution in [1.82, 2.24) is 19.5 Å². The maximum Gasteiger partial charge on any atom is 0.283 e. The number of nitrogens with zero attached hydrogens (tertiary/aromatic N) is 3. The molecule has 6 heteroatoms. The summed E-state index contributed by atoms with van der Waals surface area (Å²) in [5.41, 5.74) is 9.73. The van der Waals surface area contributed by atoms with E-state index in [1.165, 1.54) is 16.5 Å². The first-order chi connectivity index (χ1) is 9.56. The quantitative estimate of drug-likeness (QED) is 0.735. The molecule has 0 aliphatic rings. The summed E-state index contributed by atoms with van der Waals surface area (Å²) >= 11 is 0. The number of fused-ring (bicyclic) bond motifs is 1. The highest BCUT2D eigenvalue weighted by Gasteiger charge is 2.11. The minimum absolute atomic E-state index is 0.187. The van der Waals surface area contributed by atoms with Crippen LogP contribution in [0.25, 0.3) is 11.2 Å². The minimum atomic E-state index is -0.228. The fourth-order valence-corrected chi connectivity index (χ4v) is 2.28. The zero-order valence-electron chi connectivity index (χ0n) is 11.3. The first-order valence-corrected chi connectivity index (χ1v) is 6.32. The van der Waals surface area contributed by atoms with Crippen molar-refractivity contribution in [2.24, 2.45) is 0 Å².